The summed E-state index contributed by atoms with van der Waals surface area (Å²) in [6.07, 6.45) is 6.92. The van der Waals surface area contributed by atoms with E-state index in [9.17, 15) is 9.59 Å². The molecule has 7 heteroatoms. The molecule has 0 saturated heterocycles. The maximum absolute atomic E-state index is 11.9. The Kier molecular flexibility index (Phi) is 6.69. The van der Waals surface area contributed by atoms with Gasteiger partial charge in [-0.05, 0) is 13.3 Å². The summed E-state index contributed by atoms with van der Waals surface area (Å²) in [5, 5.41) is 18.7. The second-order valence-corrected chi connectivity index (χ2v) is 4.92. The third kappa shape index (κ3) is 5.81. The number of hydrogen-bond donors (Lipinski definition) is 2. The number of amides is 1. The van der Waals surface area contributed by atoms with Crippen molar-refractivity contribution in [2.45, 2.75) is 58.5 Å². The molecule has 0 bridgehead atoms. The molecule has 20 heavy (non-hydrogen) atoms. The summed E-state index contributed by atoms with van der Waals surface area (Å²) in [5.41, 5.74) is 0.145. The molecule has 2 N–H and O–H groups in total. The monoisotopic (exact) mass is 282 g/mol. The quantitative estimate of drug-likeness (QED) is 0.668. The van der Waals surface area contributed by atoms with Gasteiger partial charge in [0.2, 0.25) is 0 Å². The molecule has 1 aromatic rings. The zero-order valence-corrected chi connectivity index (χ0v) is 12.0. The zero-order chi connectivity index (χ0) is 15.0. The number of carbonyl (C=O) groups excluding carboxylic acids is 1. The fraction of sp³-hybridized carbons (Fsp3) is 0.692. The molecule has 1 amide bonds. The largest absolute Gasteiger partial charge is 0.480 e. The summed E-state index contributed by atoms with van der Waals surface area (Å²) >= 11 is 0. The van der Waals surface area contributed by atoms with Crippen molar-refractivity contribution in [3.8, 4) is 0 Å². The van der Waals surface area contributed by atoms with Crippen molar-refractivity contribution < 1.29 is 14.7 Å². The van der Waals surface area contributed by atoms with E-state index in [1.807, 2.05) is 6.92 Å². The Hall–Kier alpha value is -1.92. The maximum Gasteiger partial charge on any atom is 0.325 e. The standard InChI is InChI=1S/C13H22N4O3/c1-3-4-5-6-7-10(2)14-13(20)11-8-17(16-15-11)9-12(18)19/h8,10H,3-7,9H2,1-2H3,(H,14,20)(H,18,19). The van der Waals surface area contributed by atoms with Gasteiger partial charge < -0.3 is 10.4 Å². The highest BCUT2D eigenvalue weighted by Crippen LogP contribution is 2.06. The van der Waals surface area contributed by atoms with Crippen molar-refractivity contribution in [1.29, 1.82) is 0 Å². The normalized spacial score (nSPS) is 12.1. The van der Waals surface area contributed by atoms with E-state index < -0.39 is 5.97 Å². The smallest absolute Gasteiger partial charge is 0.325 e. The van der Waals surface area contributed by atoms with Gasteiger partial charge in [0.1, 0.15) is 6.54 Å². The average Bonchev–Trinajstić information content (AvgIpc) is 2.82. The first-order valence-electron chi connectivity index (χ1n) is 6.95. The first-order valence-corrected chi connectivity index (χ1v) is 6.95. The van der Waals surface area contributed by atoms with Crippen LogP contribution in [0.5, 0.6) is 0 Å². The fourth-order valence-electron chi connectivity index (χ4n) is 1.87. The van der Waals surface area contributed by atoms with E-state index in [4.69, 9.17) is 5.11 Å². The van der Waals surface area contributed by atoms with Crippen LogP contribution in [0.2, 0.25) is 0 Å². The molecular formula is C13H22N4O3. The van der Waals surface area contributed by atoms with E-state index in [2.05, 4.69) is 22.6 Å². The van der Waals surface area contributed by atoms with E-state index in [0.29, 0.717) is 0 Å². The minimum atomic E-state index is -1.02. The molecule has 1 heterocycles. The number of carboxylic acids is 1. The molecule has 0 aromatic carbocycles. The first-order chi connectivity index (χ1) is 9.52. The summed E-state index contributed by atoms with van der Waals surface area (Å²) in [6.45, 7) is 3.81. The van der Waals surface area contributed by atoms with Crippen LogP contribution in [-0.2, 0) is 11.3 Å². The van der Waals surface area contributed by atoms with Crippen LogP contribution < -0.4 is 5.32 Å². The van der Waals surface area contributed by atoms with Crippen molar-refractivity contribution in [2.75, 3.05) is 0 Å². The van der Waals surface area contributed by atoms with Crippen molar-refractivity contribution in [3.05, 3.63) is 11.9 Å². The summed E-state index contributed by atoms with van der Waals surface area (Å²) in [5.74, 6) is -1.34. The molecule has 0 spiro atoms. The van der Waals surface area contributed by atoms with Gasteiger partial charge in [-0.3, -0.25) is 9.59 Å². The average molecular weight is 282 g/mol. The molecule has 1 unspecified atom stereocenters. The van der Waals surface area contributed by atoms with Gasteiger partial charge in [0.05, 0.1) is 6.20 Å². The third-order valence-corrected chi connectivity index (χ3v) is 2.94. The number of aliphatic carboxylic acids is 1. The van der Waals surface area contributed by atoms with Crippen molar-refractivity contribution >= 4 is 11.9 Å². The second-order valence-electron chi connectivity index (χ2n) is 4.92. The van der Waals surface area contributed by atoms with Crippen molar-refractivity contribution in [3.63, 3.8) is 0 Å². The summed E-state index contributed by atoms with van der Waals surface area (Å²) in [6, 6.07) is 0.0731. The van der Waals surface area contributed by atoms with Gasteiger partial charge in [0.15, 0.2) is 5.69 Å². The van der Waals surface area contributed by atoms with Gasteiger partial charge in [-0.1, -0.05) is 37.8 Å². The van der Waals surface area contributed by atoms with Gasteiger partial charge in [-0.2, -0.15) is 0 Å². The Morgan fingerprint density at radius 2 is 2.15 bits per heavy atom. The number of rotatable bonds is 9. The van der Waals surface area contributed by atoms with E-state index >= 15 is 0 Å². The lowest BCUT2D eigenvalue weighted by Gasteiger charge is -2.12. The summed E-state index contributed by atoms with van der Waals surface area (Å²) in [4.78, 5) is 22.4. The molecule has 0 fully saturated rings. The van der Waals surface area contributed by atoms with Crippen LogP contribution in [0.25, 0.3) is 0 Å². The number of aromatic nitrogens is 3. The third-order valence-electron chi connectivity index (χ3n) is 2.94. The molecule has 1 aromatic heterocycles. The molecule has 0 aliphatic heterocycles. The summed E-state index contributed by atoms with van der Waals surface area (Å²) < 4.78 is 1.13. The molecule has 0 radical (unpaired) electrons. The number of carbonyl (C=O) groups is 2. The Morgan fingerprint density at radius 1 is 1.40 bits per heavy atom. The Bertz CT molecular complexity index is 445. The van der Waals surface area contributed by atoms with E-state index in [0.717, 1.165) is 17.5 Å². The van der Waals surface area contributed by atoms with Crippen molar-refractivity contribution in [1.82, 2.24) is 20.3 Å². The lowest BCUT2D eigenvalue weighted by Crippen LogP contribution is -2.32. The predicted molar refractivity (Wildman–Crippen MR) is 73.3 cm³/mol. The lowest BCUT2D eigenvalue weighted by molar-refractivity contribution is -0.137. The predicted octanol–water partition coefficient (Wildman–Crippen LogP) is 1.45. The van der Waals surface area contributed by atoms with E-state index in [-0.39, 0.29) is 24.2 Å². The summed E-state index contributed by atoms with van der Waals surface area (Å²) in [7, 11) is 0. The van der Waals surface area contributed by atoms with Crippen LogP contribution in [-0.4, -0.2) is 38.0 Å². The highest BCUT2D eigenvalue weighted by atomic mass is 16.4. The zero-order valence-electron chi connectivity index (χ0n) is 12.0. The fourth-order valence-corrected chi connectivity index (χ4v) is 1.87. The maximum atomic E-state index is 11.9. The second kappa shape index (κ2) is 8.29. The van der Waals surface area contributed by atoms with Gasteiger partial charge in [0.25, 0.3) is 5.91 Å². The minimum Gasteiger partial charge on any atom is -0.480 e. The molecule has 1 atom stereocenters. The van der Waals surface area contributed by atoms with Crippen LogP contribution in [0.1, 0.15) is 56.4 Å². The molecule has 1 rings (SSSR count). The topological polar surface area (TPSA) is 97.1 Å². The molecule has 0 aliphatic carbocycles. The van der Waals surface area contributed by atoms with Gasteiger partial charge in [0, 0.05) is 6.04 Å². The van der Waals surface area contributed by atoms with E-state index in [1.165, 1.54) is 25.5 Å². The first kappa shape index (κ1) is 16.1. The Balaban J connectivity index is 2.37. The Morgan fingerprint density at radius 3 is 2.80 bits per heavy atom. The Labute approximate surface area is 118 Å². The van der Waals surface area contributed by atoms with Crippen LogP contribution in [0.4, 0.5) is 0 Å². The van der Waals surface area contributed by atoms with Crippen LogP contribution in [0, 0.1) is 0 Å². The molecule has 0 saturated carbocycles. The number of nitrogens with zero attached hydrogens (tertiary/aromatic N) is 3. The molecular weight excluding hydrogens is 260 g/mol. The number of unbranched alkanes of at least 4 members (excludes halogenated alkanes) is 3. The number of carboxylic acid groups (broad SMARTS) is 1. The number of hydrogen-bond acceptors (Lipinski definition) is 4. The lowest BCUT2D eigenvalue weighted by atomic mass is 10.1. The highest BCUT2D eigenvalue weighted by Gasteiger charge is 2.14. The van der Waals surface area contributed by atoms with Gasteiger partial charge in [-0.15, -0.1) is 5.10 Å². The molecule has 7 nitrogen and oxygen atoms in total. The van der Waals surface area contributed by atoms with Gasteiger partial charge in [-0.25, -0.2) is 4.68 Å². The minimum absolute atomic E-state index is 0.0731. The molecule has 0 aliphatic rings. The highest BCUT2D eigenvalue weighted by molar-refractivity contribution is 5.92. The van der Waals surface area contributed by atoms with Crippen LogP contribution in [0.3, 0.4) is 0 Å². The number of nitrogens with one attached hydrogen (secondary N) is 1. The van der Waals surface area contributed by atoms with Crippen molar-refractivity contribution in [2.24, 2.45) is 0 Å². The van der Waals surface area contributed by atoms with Gasteiger partial charge >= 0.3 is 5.97 Å². The van der Waals surface area contributed by atoms with Crippen LogP contribution in [0.15, 0.2) is 6.20 Å². The SMILES string of the molecule is CCCCCCC(C)NC(=O)c1cn(CC(=O)O)nn1. The molecule has 112 valence electrons. The van der Waals surface area contributed by atoms with E-state index in [1.54, 1.807) is 0 Å². The van der Waals surface area contributed by atoms with Crippen LogP contribution >= 0.6 is 0 Å².